The molecule has 3 N–H and O–H groups in total. The lowest BCUT2D eigenvalue weighted by Crippen LogP contribution is -2.28. The van der Waals surface area contributed by atoms with Gasteiger partial charge in [-0.2, -0.15) is 13.2 Å². The minimum atomic E-state index is -4.47. The van der Waals surface area contributed by atoms with Gasteiger partial charge in [-0.05, 0) is 28.1 Å². The second-order valence-corrected chi connectivity index (χ2v) is 6.16. The lowest BCUT2D eigenvalue weighted by molar-refractivity contribution is -0.132. The molecule has 10 heteroatoms. The molecule has 0 radical (unpaired) electrons. The standard InChI is InChI=1S/C9H9BrF4N2O2S/c10-5-3-8(7(15)4-6(5)11)19(17,18)16-2-1-9(12,13)14/h3-4,16H,1-2,15H2. The summed E-state index contributed by atoms with van der Waals surface area (Å²) in [5, 5.41) is 0. The van der Waals surface area contributed by atoms with Crippen LogP contribution in [0.4, 0.5) is 23.2 Å². The van der Waals surface area contributed by atoms with Crippen molar-refractivity contribution in [2.75, 3.05) is 12.3 Å². The summed E-state index contributed by atoms with van der Waals surface area (Å²) in [6.45, 7) is -0.819. The zero-order valence-electron chi connectivity index (χ0n) is 9.26. The first-order chi connectivity index (χ1) is 8.53. The van der Waals surface area contributed by atoms with Crippen LogP contribution in [0.2, 0.25) is 0 Å². The molecule has 0 unspecified atom stereocenters. The Balaban J connectivity index is 2.92. The lowest BCUT2D eigenvalue weighted by atomic mass is 10.3. The van der Waals surface area contributed by atoms with Crippen molar-refractivity contribution in [3.05, 3.63) is 22.4 Å². The van der Waals surface area contributed by atoms with E-state index < -0.39 is 39.9 Å². The van der Waals surface area contributed by atoms with Crippen LogP contribution in [0.3, 0.4) is 0 Å². The Bertz CT molecular complexity index is 574. The van der Waals surface area contributed by atoms with Gasteiger partial charge in [0.25, 0.3) is 0 Å². The lowest BCUT2D eigenvalue weighted by Gasteiger charge is -2.11. The normalized spacial score (nSPS) is 12.7. The van der Waals surface area contributed by atoms with E-state index in [-0.39, 0.29) is 10.2 Å². The highest BCUT2D eigenvalue weighted by atomic mass is 79.9. The molecule has 0 aliphatic carbocycles. The Morgan fingerprint density at radius 3 is 2.42 bits per heavy atom. The van der Waals surface area contributed by atoms with E-state index in [9.17, 15) is 26.0 Å². The molecular weight excluding hydrogens is 356 g/mol. The molecule has 0 spiro atoms. The van der Waals surface area contributed by atoms with E-state index in [2.05, 4.69) is 15.9 Å². The quantitative estimate of drug-likeness (QED) is 0.636. The second-order valence-electron chi connectivity index (χ2n) is 3.57. The molecule has 0 atom stereocenters. The molecule has 4 nitrogen and oxygen atoms in total. The van der Waals surface area contributed by atoms with Gasteiger partial charge in [-0.15, -0.1) is 0 Å². The molecule has 0 bridgehead atoms. The van der Waals surface area contributed by atoms with Gasteiger partial charge in [-0.1, -0.05) is 0 Å². The maximum Gasteiger partial charge on any atom is 0.390 e. The van der Waals surface area contributed by atoms with Crippen molar-refractivity contribution in [2.24, 2.45) is 0 Å². The molecule has 0 aliphatic heterocycles. The number of nitrogens with one attached hydrogen (secondary N) is 1. The molecule has 0 heterocycles. The maximum atomic E-state index is 13.1. The summed E-state index contributed by atoms with van der Waals surface area (Å²) in [6, 6.07) is 1.66. The number of sulfonamides is 1. The highest BCUT2D eigenvalue weighted by Crippen LogP contribution is 2.26. The van der Waals surface area contributed by atoms with Gasteiger partial charge in [-0.25, -0.2) is 17.5 Å². The number of rotatable bonds is 4. The average Bonchev–Trinajstić information content (AvgIpc) is 2.20. The van der Waals surface area contributed by atoms with Crippen LogP contribution < -0.4 is 10.5 Å². The minimum Gasteiger partial charge on any atom is -0.398 e. The van der Waals surface area contributed by atoms with E-state index in [0.29, 0.717) is 0 Å². The number of halogens is 5. The summed E-state index contributed by atoms with van der Waals surface area (Å²) in [6.07, 6.45) is -5.79. The Morgan fingerprint density at radius 2 is 1.89 bits per heavy atom. The fraction of sp³-hybridized carbons (Fsp3) is 0.333. The van der Waals surface area contributed by atoms with Crippen molar-refractivity contribution < 1.29 is 26.0 Å². The third-order valence-electron chi connectivity index (χ3n) is 2.04. The summed E-state index contributed by atoms with van der Waals surface area (Å²) >= 11 is 2.77. The molecule has 0 amide bonds. The highest BCUT2D eigenvalue weighted by molar-refractivity contribution is 9.10. The summed E-state index contributed by atoms with van der Waals surface area (Å²) in [5.74, 6) is -0.772. The molecule has 1 aromatic carbocycles. The summed E-state index contributed by atoms with van der Waals surface area (Å²) in [7, 11) is -4.22. The Morgan fingerprint density at radius 1 is 1.32 bits per heavy atom. The van der Waals surface area contributed by atoms with Gasteiger partial charge in [0.2, 0.25) is 10.0 Å². The third kappa shape index (κ3) is 4.62. The summed E-state index contributed by atoms with van der Waals surface area (Å²) < 4.78 is 73.8. The zero-order chi connectivity index (χ0) is 14.8. The van der Waals surface area contributed by atoms with Crippen molar-refractivity contribution in [1.29, 1.82) is 0 Å². The first kappa shape index (κ1) is 16.2. The monoisotopic (exact) mass is 364 g/mol. The molecule has 1 aromatic rings. The first-order valence-electron chi connectivity index (χ1n) is 4.84. The van der Waals surface area contributed by atoms with E-state index in [4.69, 9.17) is 5.73 Å². The number of benzene rings is 1. The molecule has 0 fully saturated rings. The van der Waals surface area contributed by atoms with Crippen LogP contribution in [0, 0.1) is 5.82 Å². The van der Waals surface area contributed by atoms with E-state index in [0.717, 1.165) is 12.1 Å². The number of anilines is 1. The van der Waals surface area contributed by atoms with Crippen LogP contribution in [0.5, 0.6) is 0 Å². The minimum absolute atomic E-state index is 0.155. The van der Waals surface area contributed by atoms with Crippen LogP contribution in [0.15, 0.2) is 21.5 Å². The van der Waals surface area contributed by atoms with Crippen molar-refractivity contribution in [2.45, 2.75) is 17.5 Å². The van der Waals surface area contributed by atoms with Gasteiger partial charge in [0, 0.05) is 6.54 Å². The van der Waals surface area contributed by atoms with Gasteiger partial charge < -0.3 is 5.73 Å². The molecule has 0 saturated carbocycles. The Kier molecular flexibility index (Phi) is 4.80. The fourth-order valence-corrected chi connectivity index (χ4v) is 2.85. The van der Waals surface area contributed by atoms with E-state index in [1.807, 2.05) is 0 Å². The van der Waals surface area contributed by atoms with Crippen LogP contribution in [-0.2, 0) is 10.0 Å². The molecule has 0 saturated heterocycles. The van der Waals surface area contributed by atoms with Crippen molar-refractivity contribution >= 4 is 31.6 Å². The van der Waals surface area contributed by atoms with Gasteiger partial charge in [0.1, 0.15) is 10.7 Å². The van der Waals surface area contributed by atoms with Gasteiger partial charge in [0.15, 0.2) is 0 Å². The highest BCUT2D eigenvalue weighted by Gasteiger charge is 2.28. The van der Waals surface area contributed by atoms with Crippen LogP contribution >= 0.6 is 15.9 Å². The Labute approximate surface area is 115 Å². The number of nitrogens with two attached hydrogens (primary N) is 1. The summed E-state index contributed by atoms with van der Waals surface area (Å²) in [4.78, 5) is -0.483. The van der Waals surface area contributed by atoms with Crippen LogP contribution in [0.25, 0.3) is 0 Å². The van der Waals surface area contributed by atoms with Gasteiger partial charge in [-0.3, -0.25) is 0 Å². The SMILES string of the molecule is Nc1cc(F)c(Br)cc1S(=O)(=O)NCCC(F)(F)F. The second kappa shape index (κ2) is 5.63. The van der Waals surface area contributed by atoms with E-state index in [1.54, 1.807) is 4.72 Å². The van der Waals surface area contributed by atoms with Gasteiger partial charge >= 0.3 is 6.18 Å². The molecule has 108 valence electrons. The van der Waals surface area contributed by atoms with Crippen molar-refractivity contribution in [3.8, 4) is 0 Å². The van der Waals surface area contributed by atoms with E-state index in [1.165, 1.54) is 0 Å². The third-order valence-corrected chi connectivity index (χ3v) is 4.17. The fourth-order valence-electron chi connectivity index (χ4n) is 1.18. The molecule has 0 aliphatic rings. The number of hydrogen-bond donors (Lipinski definition) is 2. The maximum absolute atomic E-state index is 13.1. The molecule has 19 heavy (non-hydrogen) atoms. The largest absolute Gasteiger partial charge is 0.398 e. The van der Waals surface area contributed by atoms with E-state index >= 15 is 0 Å². The Hall–Kier alpha value is -0.870. The predicted octanol–water partition coefficient (Wildman–Crippen LogP) is 2.40. The average molecular weight is 365 g/mol. The van der Waals surface area contributed by atoms with Crippen LogP contribution in [-0.4, -0.2) is 21.1 Å². The number of alkyl halides is 3. The first-order valence-corrected chi connectivity index (χ1v) is 7.11. The molecule has 1 rings (SSSR count). The number of hydrogen-bond acceptors (Lipinski definition) is 3. The zero-order valence-corrected chi connectivity index (χ0v) is 11.7. The van der Waals surface area contributed by atoms with Gasteiger partial charge in [0.05, 0.1) is 16.6 Å². The topological polar surface area (TPSA) is 72.2 Å². The van der Waals surface area contributed by atoms with Crippen molar-refractivity contribution in [3.63, 3.8) is 0 Å². The smallest absolute Gasteiger partial charge is 0.390 e. The predicted molar refractivity (Wildman–Crippen MR) is 64.4 cm³/mol. The molecular formula is C9H9BrF4N2O2S. The number of nitrogen functional groups attached to an aromatic ring is 1. The molecule has 0 aromatic heterocycles. The summed E-state index contributed by atoms with van der Waals surface area (Å²) in [5.41, 5.74) is 4.94. The van der Waals surface area contributed by atoms with Crippen LogP contribution in [0.1, 0.15) is 6.42 Å². The van der Waals surface area contributed by atoms with Crippen molar-refractivity contribution in [1.82, 2.24) is 4.72 Å².